The molecule has 0 saturated carbocycles. The van der Waals surface area contributed by atoms with Crippen LogP contribution in [0.15, 0.2) is 82.0 Å². The molecule has 4 rings (SSSR count). The van der Waals surface area contributed by atoms with Crippen molar-refractivity contribution in [2.45, 2.75) is 38.4 Å². The van der Waals surface area contributed by atoms with Crippen molar-refractivity contribution < 1.29 is 19.1 Å². The van der Waals surface area contributed by atoms with Gasteiger partial charge in [0.25, 0.3) is 0 Å². The normalized spacial score (nSPS) is 15.2. The van der Waals surface area contributed by atoms with Gasteiger partial charge in [-0.3, -0.25) is 11.5 Å². The number of carbonyl (C=O) groups excluding carboxylic acids is 2. The van der Waals surface area contributed by atoms with Gasteiger partial charge in [0, 0.05) is 55.3 Å². The van der Waals surface area contributed by atoms with Crippen LogP contribution in [-0.2, 0) is 32.2 Å². The Hall–Kier alpha value is -2.92. The predicted molar refractivity (Wildman–Crippen MR) is 146 cm³/mol. The molecule has 0 bridgehead atoms. The number of benzene rings is 2. The zero-order valence-electron chi connectivity index (χ0n) is 19.8. The average molecular weight is 618 g/mol. The van der Waals surface area contributed by atoms with E-state index in [0.29, 0.717) is 0 Å². The third kappa shape index (κ3) is 6.44. The molecule has 0 saturated heterocycles. The molecule has 4 N–H and O–H groups in total. The fourth-order valence-corrected chi connectivity index (χ4v) is 4.78. The van der Waals surface area contributed by atoms with Gasteiger partial charge < -0.3 is 18.6 Å². The van der Waals surface area contributed by atoms with Crippen LogP contribution in [-0.4, -0.2) is 32.5 Å². The van der Waals surface area contributed by atoms with Crippen LogP contribution in [0.3, 0.4) is 0 Å². The summed E-state index contributed by atoms with van der Waals surface area (Å²) in [5.41, 5.74) is 11.7. The Labute approximate surface area is 225 Å². The molecule has 36 heavy (non-hydrogen) atoms. The fraction of sp³-hybridized carbons (Fsp3) is 0.231. The first kappa shape index (κ1) is 26.2. The van der Waals surface area contributed by atoms with Gasteiger partial charge >= 0.3 is 11.9 Å². The molecule has 0 spiro atoms. The number of hydrogen-bond donors (Lipinski definition) is 2. The molecule has 8 nitrogen and oxygen atoms in total. The summed E-state index contributed by atoms with van der Waals surface area (Å²) in [4.78, 5) is 24.7. The fourth-order valence-electron chi connectivity index (χ4n) is 4.02. The molecular formula is C26H26Br2N4O4. The summed E-state index contributed by atoms with van der Waals surface area (Å²) in [6.07, 6.45) is 5.71. The lowest BCUT2D eigenvalue weighted by Crippen LogP contribution is -2.45. The standard InChI is InChI=1S/C26H26Br2N4O4/c1-25(29,15-31-11-9-17-13-19(27)3-5-21(17)31)35-23(33)7-8-24(34)36-26(2,30)16-32-12-10-18-14-20(28)4-6-22(18)32/h3-14H,15-16,29-30H2,1-2H3/b8-7+. The lowest BCUT2D eigenvalue weighted by Gasteiger charge is -2.26. The first-order chi connectivity index (χ1) is 16.9. The molecular weight excluding hydrogens is 592 g/mol. The van der Waals surface area contributed by atoms with Crippen molar-refractivity contribution in [2.75, 3.05) is 0 Å². The van der Waals surface area contributed by atoms with Gasteiger partial charge in [-0.2, -0.15) is 0 Å². The van der Waals surface area contributed by atoms with Gasteiger partial charge in [0.15, 0.2) is 11.4 Å². The van der Waals surface area contributed by atoms with E-state index in [4.69, 9.17) is 20.9 Å². The number of fused-ring (bicyclic) bond motifs is 2. The number of aromatic nitrogens is 2. The van der Waals surface area contributed by atoms with Crippen LogP contribution >= 0.6 is 31.9 Å². The highest BCUT2D eigenvalue weighted by Crippen LogP contribution is 2.24. The van der Waals surface area contributed by atoms with Crippen LogP contribution in [0.1, 0.15) is 13.8 Å². The van der Waals surface area contributed by atoms with Crippen LogP contribution in [0.25, 0.3) is 21.8 Å². The van der Waals surface area contributed by atoms with Crippen molar-refractivity contribution in [2.24, 2.45) is 11.5 Å². The molecule has 10 heteroatoms. The van der Waals surface area contributed by atoms with Crippen LogP contribution in [0.5, 0.6) is 0 Å². The zero-order chi connectivity index (χ0) is 26.1. The van der Waals surface area contributed by atoms with Crippen molar-refractivity contribution in [3.63, 3.8) is 0 Å². The maximum Gasteiger partial charge on any atom is 0.332 e. The summed E-state index contributed by atoms with van der Waals surface area (Å²) in [6, 6.07) is 15.6. The Kier molecular flexibility index (Phi) is 7.42. The number of rotatable bonds is 8. The third-order valence-corrected chi connectivity index (χ3v) is 6.44. The number of hydrogen-bond acceptors (Lipinski definition) is 6. The Morgan fingerprint density at radius 2 is 1.17 bits per heavy atom. The summed E-state index contributed by atoms with van der Waals surface area (Å²) in [6.45, 7) is 3.64. The summed E-state index contributed by atoms with van der Waals surface area (Å²) in [5.74, 6) is -1.53. The Bertz CT molecular complexity index is 1360. The molecule has 0 aliphatic heterocycles. The largest absolute Gasteiger partial charge is 0.439 e. The van der Waals surface area contributed by atoms with Crippen molar-refractivity contribution in [3.05, 3.63) is 82.0 Å². The molecule has 2 atom stereocenters. The number of nitrogens with zero attached hydrogens (tertiary/aromatic N) is 2. The first-order valence-corrected chi connectivity index (χ1v) is 12.7. The summed E-state index contributed by atoms with van der Waals surface area (Å²) in [5, 5.41) is 2.06. The molecule has 2 heterocycles. The number of carbonyl (C=O) groups is 2. The Morgan fingerprint density at radius 1 is 0.778 bits per heavy atom. The highest BCUT2D eigenvalue weighted by Gasteiger charge is 2.26. The van der Waals surface area contributed by atoms with Gasteiger partial charge in [-0.25, -0.2) is 9.59 Å². The van der Waals surface area contributed by atoms with Crippen molar-refractivity contribution in [1.29, 1.82) is 0 Å². The minimum atomic E-state index is -1.31. The lowest BCUT2D eigenvalue weighted by atomic mass is 10.2. The maximum absolute atomic E-state index is 12.3. The number of esters is 2. The van der Waals surface area contributed by atoms with Crippen LogP contribution in [0.4, 0.5) is 0 Å². The number of halogens is 2. The molecule has 2 aromatic heterocycles. The van der Waals surface area contributed by atoms with Crippen molar-refractivity contribution in [1.82, 2.24) is 9.13 Å². The molecule has 0 amide bonds. The quantitative estimate of drug-likeness (QED) is 0.167. The van der Waals surface area contributed by atoms with E-state index in [1.54, 1.807) is 13.8 Å². The summed E-state index contributed by atoms with van der Waals surface area (Å²) in [7, 11) is 0. The second-order valence-electron chi connectivity index (χ2n) is 9.09. The van der Waals surface area contributed by atoms with E-state index < -0.39 is 23.4 Å². The van der Waals surface area contributed by atoms with Gasteiger partial charge in [0.2, 0.25) is 0 Å². The SMILES string of the molecule is CC(N)(Cn1ccc2cc(Br)ccc21)OC(=O)/C=C/C(=O)OC(C)(N)Cn1ccc2cc(Br)ccc21. The van der Waals surface area contributed by atoms with Gasteiger partial charge in [0.05, 0.1) is 13.1 Å². The molecule has 0 fully saturated rings. The lowest BCUT2D eigenvalue weighted by molar-refractivity contribution is -0.155. The monoisotopic (exact) mass is 616 g/mol. The van der Waals surface area contributed by atoms with Gasteiger partial charge in [-0.15, -0.1) is 0 Å². The third-order valence-electron chi connectivity index (χ3n) is 5.46. The molecule has 0 aliphatic carbocycles. The maximum atomic E-state index is 12.3. The molecule has 2 unspecified atom stereocenters. The zero-order valence-corrected chi connectivity index (χ0v) is 23.0. The Morgan fingerprint density at radius 3 is 1.56 bits per heavy atom. The topological polar surface area (TPSA) is 114 Å². The van der Waals surface area contributed by atoms with E-state index >= 15 is 0 Å². The van der Waals surface area contributed by atoms with Crippen LogP contribution in [0, 0.1) is 0 Å². The van der Waals surface area contributed by atoms with E-state index in [9.17, 15) is 9.59 Å². The highest BCUT2D eigenvalue weighted by molar-refractivity contribution is 9.10. The molecule has 0 aliphatic rings. The molecule has 2 aromatic carbocycles. The number of nitrogens with two attached hydrogens (primary N) is 2. The second kappa shape index (κ2) is 10.2. The van der Waals surface area contributed by atoms with Gasteiger partial charge in [-0.1, -0.05) is 31.9 Å². The molecule has 188 valence electrons. The Balaban J connectivity index is 1.33. The van der Waals surface area contributed by atoms with E-state index in [-0.39, 0.29) is 13.1 Å². The molecule has 4 aromatic rings. The van der Waals surface area contributed by atoms with Gasteiger partial charge in [-0.05, 0) is 62.4 Å². The smallest absolute Gasteiger partial charge is 0.332 e. The van der Waals surface area contributed by atoms with Crippen molar-refractivity contribution >= 4 is 65.6 Å². The van der Waals surface area contributed by atoms with Crippen LogP contribution in [0.2, 0.25) is 0 Å². The summed E-state index contributed by atoms with van der Waals surface area (Å²) >= 11 is 6.90. The van der Waals surface area contributed by atoms with E-state index in [2.05, 4.69) is 31.9 Å². The predicted octanol–water partition coefficient (Wildman–Crippen LogP) is 4.81. The average Bonchev–Trinajstić information content (AvgIpc) is 3.34. The molecule has 0 radical (unpaired) electrons. The highest BCUT2D eigenvalue weighted by atomic mass is 79.9. The summed E-state index contributed by atoms with van der Waals surface area (Å²) < 4.78 is 16.5. The second-order valence-corrected chi connectivity index (χ2v) is 10.9. The van der Waals surface area contributed by atoms with E-state index in [0.717, 1.165) is 42.9 Å². The van der Waals surface area contributed by atoms with Crippen molar-refractivity contribution in [3.8, 4) is 0 Å². The van der Waals surface area contributed by atoms with E-state index in [1.807, 2.05) is 70.1 Å². The number of ether oxygens (including phenoxy) is 2. The first-order valence-electron chi connectivity index (χ1n) is 11.1. The minimum absolute atomic E-state index is 0.227. The van der Waals surface area contributed by atoms with Gasteiger partial charge in [0.1, 0.15) is 0 Å². The van der Waals surface area contributed by atoms with Crippen LogP contribution < -0.4 is 11.5 Å². The minimum Gasteiger partial charge on any atom is -0.439 e. The van der Waals surface area contributed by atoms with E-state index in [1.165, 1.54) is 0 Å².